The predicted octanol–water partition coefficient (Wildman–Crippen LogP) is 3.05. The zero-order valence-corrected chi connectivity index (χ0v) is 10.7. The van der Waals surface area contributed by atoms with Gasteiger partial charge in [0.1, 0.15) is 0 Å². The zero-order valence-electron chi connectivity index (χ0n) is 8.37. The van der Waals surface area contributed by atoms with Crippen LogP contribution in [0.15, 0.2) is 28.9 Å². The molecule has 0 saturated carbocycles. The summed E-state index contributed by atoms with van der Waals surface area (Å²) in [5, 5.41) is 13.6. The largest absolute Gasteiger partial charge is 0.395 e. The fraction of sp³-hybridized carbons (Fsp3) is 0.182. The van der Waals surface area contributed by atoms with E-state index in [1.54, 1.807) is 6.20 Å². The van der Waals surface area contributed by atoms with Gasteiger partial charge in [0, 0.05) is 23.2 Å². The van der Waals surface area contributed by atoms with Gasteiger partial charge in [-0.25, -0.2) is 0 Å². The molecule has 0 amide bonds. The molecule has 2 aromatic rings. The monoisotopic (exact) mass is 300 g/mol. The topological polar surface area (TPSA) is 45.1 Å². The summed E-state index contributed by atoms with van der Waals surface area (Å²) in [4.78, 5) is 4.28. The van der Waals surface area contributed by atoms with Crippen LogP contribution in [0, 0.1) is 0 Å². The van der Waals surface area contributed by atoms with Crippen LogP contribution in [0.4, 0.5) is 5.69 Å². The van der Waals surface area contributed by atoms with Crippen molar-refractivity contribution >= 4 is 44.1 Å². The molecule has 0 saturated heterocycles. The maximum absolute atomic E-state index is 8.82. The summed E-state index contributed by atoms with van der Waals surface area (Å²) in [6.45, 7) is 0.587. The lowest BCUT2D eigenvalue weighted by atomic mass is 10.2. The van der Waals surface area contributed by atoms with Crippen molar-refractivity contribution in [1.29, 1.82) is 0 Å². The number of fused-ring (bicyclic) bond motifs is 1. The zero-order chi connectivity index (χ0) is 11.5. The van der Waals surface area contributed by atoms with Crippen molar-refractivity contribution in [1.82, 2.24) is 4.98 Å². The van der Waals surface area contributed by atoms with Crippen LogP contribution in [0.5, 0.6) is 0 Å². The Balaban J connectivity index is 2.55. The molecule has 0 aliphatic heterocycles. The van der Waals surface area contributed by atoms with Gasteiger partial charge in [-0.3, -0.25) is 4.98 Å². The first-order valence-corrected chi connectivity index (χ1v) is 5.98. The van der Waals surface area contributed by atoms with Gasteiger partial charge in [0.15, 0.2) is 0 Å². The fourth-order valence-corrected chi connectivity index (χ4v) is 2.13. The van der Waals surface area contributed by atoms with E-state index in [-0.39, 0.29) is 6.61 Å². The van der Waals surface area contributed by atoms with Gasteiger partial charge in [-0.2, -0.15) is 0 Å². The maximum atomic E-state index is 8.82. The molecule has 0 aliphatic carbocycles. The lowest BCUT2D eigenvalue weighted by molar-refractivity contribution is 0.311. The highest BCUT2D eigenvalue weighted by Gasteiger charge is 2.06. The molecule has 0 atom stereocenters. The molecule has 2 N–H and O–H groups in total. The third-order valence-electron chi connectivity index (χ3n) is 2.20. The van der Waals surface area contributed by atoms with Crippen molar-refractivity contribution in [2.45, 2.75) is 0 Å². The number of anilines is 1. The molecule has 0 aliphatic rings. The Morgan fingerprint density at radius 1 is 1.44 bits per heavy atom. The van der Waals surface area contributed by atoms with Gasteiger partial charge in [-0.05, 0) is 34.1 Å². The van der Waals surface area contributed by atoms with Crippen LogP contribution in [0.25, 0.3) is 10.9 Å². The number of benzene rings is 1. The Kier molecular flexibility index (Phi) is 3.63. The molecule has 2 rings (SSSR count). The highest BCUT2D eigenvalue weighted by atomic mass is 79.9. The van der Waals surface area contributed by atoms with Crippen LogP contribution >= 0.6 is 27.5 Å². The number of hydrogen-bond acceptors (Lipinski definition) is 3. The molecule has 84 valence electrons. The highest BCUT2D eigenvalue weighted by molar-refractivity contribution is 9.10. The van der Waals surface area contributed by atoms with Crippen molar-refractivity contribution in [2.75, 3.05) is 18.5 Å². The average Bonchev–Trinajstić information content (AvgIpc) is 2.28. The highest BCUT2D eigenvalue weighted by Crippen LogP contribution is 2.30. The van der Waals surface area contributed by atoms with Gasteiger partial charge in [-0.15, -0.1) is 0 Å². The van der Waals surface area contributed by atoms with Gasteiger partial charge >= 0.3 is 0 Å². The fourth-order valence-electron chi connectivity index (χ4n) is 1.50. The molecule has 0 unspecified atom stereocenters. The van der Waals surface area contributed by atoms with E-state index in [1.165, 1.54) is 0 Å². The number of halogens is 2. The van der Waals surface area contributed by atoms with Crippen LogP contribution in [0.3, 0.4) is 0 Å². The lowest BCUT2D eigenvalue weighted by Gasteiger charge is -2.10. The first-order chi connectivity index (χ1) is 7.72. The minimum absolute atomic E-state index is 0.0871. The molecule has 1 aromatic heterocycles. The molecule has 0 radical (unpaired) electrons. The Morgan fingerprint density at radius 2 is 2.25 bits per heavy atom. The quantitative estimate of drug-likeness (QED) is 0.916. The van der Waals surface area contributed by atoms with Gasteiger partial charge in [-0.1, -0.05) is 11.6 Å². The standard InChI is InChI=1S/C11H10BrClN2O/c12-9-6-15-10-5-7(13)1-2-8(10)11(9)14-3-4-16/h1-2,5-6,16H,3-4H2,(H,14,15). The van der Waals surface area contributed by atoms with Crippen molar-refractivity contribution in [3.8, 4) is 0 Å². The van der Waals surface area contributed by atoms with E-state index in [2.05, 4.69) is 26.2 Å². The molecule has 0 bridgehead atoms. The van der Waals surface area contributed by atoms with E-state index >= 15 is 0 Å². The normalized spacial score (nSPS) is 10.7. The number of pyridine rings is 1. The number of nitrogens with one attached hydrogen (secondary N) is 1. The number of aromatic nitrogens is 1. The molecular formula is C11H10BrClN2O. The first-order valence-electron chi connectivity index (χ1n) is 4.81. The van der Waals surface area contributed by atoms with Crippen LogP contribution in [0.2, 0.25) is 5.02 Å². The molecule has 3 nitrogen and oxygen atoms in total. The van der Waals surface area contributed by atoms with E-state index in [0.717, 1.165) is 21.1 Å². The number of nitrogens with zero attached hydrogens (tertiary/aromatic N) is 1. The van der Waals surface area contributed by atoms with E-state index < -0.39 is 0 Å². The van der Waals surface area contributed by atoms with Crippen molar-refractivity contribution in [3.05, 3.63) is 33.9 Å². The van der Waals surface area contributed by atoms with Crippen LogP contribution in [-0.4, -0.2) is 23.2 Å². The minimum Gasteiger partial charge on any atom is -0.395 e. The van der Waals surface area contributed by atoms with Crippen LogP contribution in [0.1, 0.15) is 0 Å². The van der Waals surface area contributed by atoms with Gasteiger partial charge < -0.3 is 10.4 Å². The summed E-state index contributed by atoms with van der Waals surface area (Å²) in [6.07, 6.45) is 1.72. The van der Waals surface area contributed by atoms with E-state index in [4.69, 9.17) is 16.7 Å². The van der Waals surface area contributed by atoms with Crippen LogP contribution < -0.4 is 5.32 Å². The SMILES string of the molecule is OCCNc1c(Br)cnc2cc(Cl)ccc12. The van der Waals surface area contributed by atoms with Crippen LogP contribution in [-0.2, 0) is 0 Å². The second-order valence-electron chi connectivity index (χ2n) is 3.29. The van der Waals surface area contributed by atoms with E-state index in [1.807, 2.05) is 18.2 Å². The van der Waals surface area contributed by atoms with Crippen molar-refractivity contribution < 1.29 is 5.11 Å². The van der Waals surface area contributed by atoms with E-state index in [0.29, 0.717) is 11.6 Å². The molecule has 1 heterocycles. The summed E-state index contributed by atoms with van der Waals surface area (Å²) in [6, 6.07) is 5.55. The number of aliphatic hydroxyl groups is 1. The van der Waals surface area contributed by atoms with Gasteiger partial charge in [0.2, 0.25) is 0 Å². The lowest BCUT2D eigenvalue weighted by Crippen LogP contribution is -2.06. The summed E-state index contributed by atoms with van der Waals surface area (Å²) >= 11 is 9.33. The Morgan fingerprint density at radius 3 is 3.00 bits per heavy atom. The second kappa shape index (κ2) is 4.99. The number of aliphatic hydroxyl groups excluding tert-OH is 1. The molecule has 5 heteroatoms. The van der Waals surface area contributed by atoms with Gasteiger partial charge in [0.25, 0.3) is 0 Å². The Labute approximate surface area is 107 Å². The van der Waals surface area contributed by atoms with E-state index in [9.17, 15) is 0 Å². The van der Waals surface area contributed by atoms with Crippen molar-refractivity contribution in [3.63, 3.8) is 0 Å². The first kappa shape index (κ1) is 11.6. The smallest absolute Gasteiger partial charge is 0.0738 e. The average molecular weight is 302 g/mol. The maximum Gasteiger partial charge on any atom is 0.0738 e. The van der Waals surface area contributed by atoms with Gasteiger partial charge in [0.05, 0.1) is 22.3 Å². The summed E-state index contributed by atoms with van der Waals surface area (Å²) in [5.41, 5.74) is 1.76. The number of hydrogen-bond donors (Lipinski definition) is 2. The summed E-state index contributed by atoms with van der Waals surface area (Å²) in [5.74, 6) is 0. The Hall–Kier alpha value is -0.840. The number of rotatable bonds is 3. The molecule has 0 fully saturated rings. The third-order valence-corrected chi connectivity index (χ3v) is 3.03. The molecule has 16 heavy (non-hydrogen) atoms. The minimum atomic E-state index is 0.0871. The predicted molar refractivity (Wildman–Crippen MR) is 70.0 cm³/mol. The second-order valence-corrected chi connectivity index (χ2v) is 4.58. The molecular weight excluding hydrogens is 291 g/mol. The molecule has 1 aromatic carbocycles. The Bertz CT molecular complexity index is 519. The third kappa shape index (κ3) is 2.29. The molecule has 0 spiro atoms. The summed E-state index contributed by atoms with van der Waals surface area (Å²) in [7, 11) is 0. The summed E-state index contributed by atoms with van der Waals surface area (Å²) < 4.78 is 0.871. The van der Waals surface area contributed by atoms with Crippen molar-refractivity contribution in [2.24, 2.45) is 0 Å².